The summed E-state index contributed by atoms with van der Waals surface area (Å²) in [5, 5.41) is 5.06. The van der Waals surface area contributed by atoms with E-state index in [1.807, 2.05) is 13.1 Å². The van der Waals surface area contributed by atoms with Crippen LogP contribution in [0.15, 0.2) is 24.7 Å². The van der Waals surface area contributed by atoms with Crippen molar-refractivity contribution >= 4 is 28.1 Å². The zero-order chi connectivity index (χ0) is 15.5. The number of rotatable bonds is 5. The number of hydrogen-bond donors (Lipinski definition) is 1. The number of nitrogens with zero attached hydrogens (tertiary/aromatic N) is 3. The molecule has 0 radical (unpaired) electrons. The summed E-state index contributed by atoms with van der Waals surface area (Å²) in [7, 11) is 1.44. The number of benzene rings is 1. The van der Waals surface area contributed by atoms with Crippen LogP contribution in [0.3, 0.4) is 0 Å². The van der Waals surface area contributed by atoms with Crippen molar-refractivity contribution in [2.45, 2.75) is 13.3 Å². The molecule has 3 rings (SSSR count). The van der Waals surface area contributed by atoms with Crippen molar-refractivity contribution in [3.8, 4) is 5.75 Å². The molecule has 0 saturated heterocycles. The number of methoxy groups -OCH3 is 1. The lowest BCUT2D eigenvalue weighted by Gasteiger charge is -2.09. The molecule has 1 aromatic carbocycles. The van der Waals surface area contributed by atoms with Crippen molar-refractivity contribution in [3.05, 3.63) is 40.4 Å². The minimum absolute atomic E-state index is 0.181. The number of aromatic nitrogens is 3. The maximum absolute atomic E-state index is 13.7. The Morgan fingerprint density at radius 2 is 2.14 bits per heavy atom. The van der Waals surface area contributed by atoms with Gasteiger partial charge < -0.3 is 10.1 Å². The molecule has 0 aliphatic heterocycles. The Morgan fingerprint density at radius 1 is 1.27 bits per heavy atom. The number of halogens is 1. The Bertz CT molecular complexity index is 805. The predicted molar refractivity (Wildman–Crippen MR) is 85.1 cm³/mol. The van der Waals surface area contributed by atoms with Gasteiger partial charge in [-0.1, -0.05) is 0 Å². The Hall–Kier alpha value is -2.28. The lowest BCUT2D eigenvalue weighted by molar-refractivity contribution is 0.387. The molecule has 3 aromatic rings. The summed E-state index contributed by atoms with van der Waals surface area (Å²) in [5.74, 6) is 0.412. The van der Waals surface area contributed by atoms with E-state index in [2.05, 4.69) is 20.3 Å². The normalized spacial score (nSPS) is 10.9. The summed E-state index contributed by atoms with van der Waals surface area (Å²) in [6, 6.07) is 2.96. The highest BCUT2D eigenvalue weighted by molar-refractivity contribution is 7.11. The molecular weight excluding hydrogens is 303 g/mol. The molecule has 7 heteroatoms. The van der Waals surface area contributed by atoms with E-state index in [4.69, 9.17) is 4.74 Å². The third-order valence-corrected chi connectivity index (χ3v) is 4.18. The van der Waals surface area contributed by atoms with Gasteiger partial charge in [-0.25, -0.2) is 19.3 Å². The zero-order valence-electron chi connectivity index (χ0n) is 12.3. The average Bonchev–Trinajstić information content (AvgIpc) is 2.92. The quantitative estimate of drug-likeness (QED) is 0.783. The van der Waals surface area contributed by atoms with Gasteiger partial charge in [-0.05, 0) is 13.0 Å². The van der Waals surface area contributed by atoms with Crippen LogP contribution in [0, 0.1) is 12.7 Å². The van der Waals surface area contributed by atoms with Crippen molar-refractivity contribution in [1.82, 2.24) is 15.0 Å². The summed E-state index contributed by atoms with van der Waals surface area (Å²) >= 11 is 1.68. The molecule has 2 heterocycles. The molecule has 2 aromatic heterocycles. The van der Waals surface area contributed by atoms with Crippen LogP contribution in [0.2, 0.25) is 0 Å². The summed E-state index contributed by atoms with van der Waals surface area (Å²) < 4.78 is 18.7. The first kappa shape index (κ1) is 14.6. The van der Waals surface area contributed by atoms with Crippen LogP contribution in [0.4, 0.5) is 10.2 Å². The highest BCUT2D eigenvalue weighted by Crippen LogP contribution is 2.27. The van der Waals surface area contributed by atoms with Gasteiger partial charge in [0, 0.05) is 35.5 Å². The van der Waals surface area contributed by atoms with Crippen LogP contribution in [0.25, 0.3) is 10.9 Å². The summed E-state index contributed by atoms with van der Waals surface area (Å²) in [4.78, 5) is 13.8. The van der Waals surface area contributed by atoms with E-state index in [0.717, 1.165) is 16.8 Å². The van der Waals surface area contributed by atoms with Gasteiger partial charge in [0.05, 0.1) is 17.6 Å². The second-order valence-corrected chi connectivity index (χ2v) is 6.09. The van der Waals surface area contributed by atoms with Gasteiger partial charge in [0.15, 0.2) is 11.6 Å². The molecule has 0 amide bonds. The Morgan fingerprint density at radius 3 is 2.86 bits per heavy atom. The highest BCUT2D eigenvalue weighted by Gasteiger charge is 2.10. The molecule has 0 unspecified atom stereocenters. The van der Waals surface area contributed by atoms with E-state index >= 15 is 0 Å². The molecule has 5 nitrogen and oxygen atoms in total. The van der Waals surface area contributed by atoms with Crippen LogP contribution >= 0.6 is 11.3 Å². The number of hydrogen-bond acceptors (Lipinski definition) is 6. The zero-order valence-corrected chi connectivity index (χ0v) is 13.1. The topological polar surface area (TPSA) is 59.9 Å². The van der Waals surface area contributed by atoms with Gasteiger partial charge in [0.25, 0.3) is 0 Å². The number of ether oxygens (including phenoxy) is 1. The first-order valence-corrected chi connectivity index (χ1v) is 7.62. The van der Waals surface area contributed by atoms with E-state index in [-0.39, 0.29) is 5.75 Å². The molecule has 0 aliphatic carbocycles. The predicted octanol–water partition coefficient (Wildman–Crippen LogP) is 3.20. The minimum Gasteiger partial charge on any atom is -0.494 e. The van der Waals surface area contributed by atoms with E-state index in [0.29, 0.717) is 17.9 Å². The van der Waals surface area contributed by atoms with Gasteiger partial charge in [0.2, 0.25) is 0 Å². The van der Waals surface area contributed by atoms with Crippen LogP contribution < -0.4 is 10.1 Å². The van der Waals surface area contributed by atoms with Crippen molar-refractivity contribution in [2.24, 2.45) is 0 Å². The maximum atomic E-state index is 13.7. The largest absolute Gasteiger partial charge is 0.494 e. The lowest BCUT2D eigenvalue weighted by atomic mass is 10.2. The first-order valence-electron chi connectivity index (χ1n) is 6.81. The molecular formula is C15H15FN4OS. The molecule has 0 spiro atoms. The Kier molecular flexibility index (Phi) is 4.15. The van der Waals surface area contributed by atoms with Gasteiger partial charge in [0.1, 0.15) is 12.1 Å². The third kappa shape index (κ3) is 2.99. The SMILES string of the molecule is COc1cc2c(NCCc3ncc(C)s3)ncnc2cc1F. The monoisotopic (exact) mass is 318 g/mol. The van der Waals surface area contributed by atoms with Crippen LogP contribution in [0.5, 0.6) is 5.75 Å². The van der Waals surface area contributed by atoms with E-state index in [1.54, 1.807) is 17.4 Å². The lowest BCUT2D eigenvalue weighted by Crippen LogP contribution is -2.07. The van der Waals surface area contributed by atoms with Crippen molar-refractivity contribution in [2.75, 3.05) is 19.0 Å². The summed E-state index contributed by atoms with van der Waals surface area (Å²) in [6.45, 7) is 2.73. The molecule has 0 bridgehead atoms. The molecule has 0 fully saturated rings. The second kappa shape index (κ2) is 6.23. The van der Waals surface area contributed by atoms with E-state index < -0.39 is 5.82 Å². The van der Waals surface area contributed by atoms with Crippen molar-refractivity contribution in [1.29, 1.82) is 0 Å². The fraction of sp³-hybridized carbons (Fsp3) is 0.267. The van der Waals surface area contributed by atoms with Gasteiger partial charge in [-0.2, -0.15) is 0 Å². The fourth-order valence-electron chi connectivity index (χ4n) is 2.16. The standard InChI is InChI=1S/C15H15FN4OS/c1-9-7-18-14(22-9)3-4-17-15-10-5-13(21-2)11(16)6-12(10)19-8-20-15/h5-8H,3-4H2,1-2H3,(H,17,19,20). The number of aryl methyl sites for hydroxylation is 1. The molecule has 1 N–H and O–H groups in total. The molecule has 0 atom stereocenters. The van der Waals surface area contributed by atoms with Crippen molar-refractivity contribution in [3.63, 3.8) is 0 Å². The van der Waals surface area contributed by atoms with Gasteiger partial charge in [-0.15, -0.1) is 11.3 Å². The number of fused-ring (bicyclic) bond motifs is 1. The fourth-order valence-corrected chi connectivity index (χ4v) is 2.95. The number of anilines is 1. The third-order valence-electron chi connectivity index (χ3n) is 3.21. The second-order valence-electron chi connectivity index (χ2n) is 4.77. The molecule has 0 aliphatic rings. The first-order chi connectivity index (χ1) is 10.7. The smallest absolute Gasteiger partial charge is 0.167 e. The van der Waals surface area contributed by atoms with Crippen molar-refractivity contribution < 1.29 is 9.13 Å². The number of thiazole rings is 1. The summed E-state index contributed by atoms with van der Waals surface area (Å²) in [5.41, 5.74) is 0.542. The van der Waals surface area contributed by atoms with Gasteiger partial charge in [-0.3, -0.25) is 0 Å². The van der Waals surface area contributed by atoms with Crippen LogP contribution in [0.1, 0.15) is 9.88 Å². The summed E-state index contributed by atoms with van der Waals surface area (Å²) in [6.07, 6.45) is 4.10. The van der Waals surface area contributed by atoms with E-state index in [1.165, 1.54) is 24.4 Å². The molecule has 114 valence electrons. The molecule has 22 heavy (non-hydrogen) atoms. The van der Waals surface area contributed by atoms with Crippen LogP contribution in [-0.4, -0.2) is 28.6 Å². The number of nitrogens with one attached hydrogen (secondary N) is 1. The molecule has 0 saturated carbocycles. The van der Waals surface area contributed by atoms with Gasteiger partial charge >= 0.3 is 0 Å². The average molecular weight is 318 g/mol. The highest BCUT2D eigenvalue weighted by atomic mass is 32.1. The van der Waals surface area contributed by atoms with E-state index in [9.17, 15) is 4.39 Å². The Balaban J connectivity index is 1.80. The minimum atomic E-state index is -0.432. The maximum Gasteiger partial charge on any atom is 0.167 e. The Labute approximate surface area is 131 Å². The van der Waals surface area contributed by atoms with Crippen LogP contribution in [-0.2, 0) is 6.42 Å².